The molecule has 0 aliphatic heterocycles. The number of nitrogens with two attached hydrogens (primary N) is 1. The van der Waals surface area contributed by atoms with Gasteiger partial charge in [-0.15, -0.1) is 0 Å². The second-order valence-electron chi connectivity index (χ2n) is 4.56. The second-order valence-corrected chi connectivity index (χ2v) is 4.56. The van der Waals surface area contributed by atoms with E-state index in [1.54, 1.807) is 25.1 Å². The van der Waals surface area contributed by atoms with Gasteiger partial charge in [-0.05, 0) is 31.4 Å². The van der Waals surface area contributed by atoms with Crippen LogP contribution in [0.1, 0.15) is 36.5 Å². The quantitative estimate of drug-likeness (QED) is 0.622. The number of carbonyl (C=O) groups excluding carboxylic acids is 1. The molecule has 18 heavy (non-hydrogen) atoms. The van der Waals surface area contributed by atoms with Crippen molar-refractivity contribution in [2.45, 2.75) is 26.2 Å². The average molecular weight is 249 g/mol. The van der Waals surface area contributed by atoms with Crippen LogP contribution in [-0.2, 0) is 4.74 Å². The summed E-state index contributed by atoms with van der Waals surface area (Å²) in [6.45, 7) is 2.76. The summed E-state index contributed by atoms with van der Waals surface area (Å²) in [6.07, 6.45) is 3.63. The van der Waals surface area contributed by atoms with Gasteiger partial charge in [0.25, 0.3) is 0 Å². The van der Waals surface area contributed by atoms with Crippen LogP contribution >= 0.6 is 0 Å². The van der Waals surface area contributed by atoms with Gasteiger partial charge in [0.2, 0.25) is 0 Å². The lowest BCUT2D eigenvalue weighted by Crippen LogP contribution is -2.09. The minimum atomic E-state index is -0.362. The third-order valence-corrected chi connectivity index (χ3v) is 2.98. The molecule has 2 rings (SSSR count). The fourth-order valence-electron chi connectivity index (χ4n) is 1.78. The average Bonchev–Trinajstić information content (AvgIpc) is 3.13. The third-order valence-electron chi connectivity index (χ3n) is 2.98. The predicted molar refractivity (Wildman–Crippen MR) is 69.6 cm³/mol. The second kappa shape index (κ2) is 5.76. The van der Waals surface area contributed by atoms with Gasteiger partial charge in [0.15, 0.2) is 0 Å². The molecule has 1 aromatic carbocycles. The van der Waals surface area contributed by atoms with Crippen molar-refractivity contribution in [3.8, 4) is 5.75 Å². The van der Waals surface area contributed by atoms with Crippen molar-refractivity contribution in [2.75, 3.05) is 18.9 Å². The Morgan fingerprint density at radius 1 is 1.44 bits per heavy atom. The molecule has 1 aliphatic carbocycles. The van der Waals surface area contributed by atoms with Crippen LogP contribution in [0.4, 0.5) is 5.69 Å². The summed E-state index contributed by atoms with van der Waals surface area (Å²) in [5.74, 6) is 0.963. The molecule has 0 unspecified atom stereocenters. The summed E-state index contributed by atoms with van der Waals surface area (Å²) < 4.78 is 10.6. The van der Waals surface area contributed by atoms with Crippen LogP contribution in [0.2, 0.25) is 0 Å². The molecule has 1 aromatic rings. The number of carbonyl (C=O) groups is 1. The Hall–Kier alpha value is -1.71. The largest absolute Gasteiger partial charge is 0.493 e. The molecule has 4 nitrogen and oxygen atoms in total. The highest BCUT2D eigenvalue weighted by Gasteiger charge is 2.21. The van der Waals surface area contributed by atoms with Crippen molar-refractivity contribution in [3.63, 3.8) is 0 Å². The Bertz CT molecular complexity index is 427. The molecule has 0 amide bonds. The summed E-state index contributed by atoms with van der Waals surface area (Å²) in [4.78, 5) is 11.7. The summed E-state index contributed by atoms with van der Waals surface area (Å²) >= 11 is 0. The van der Waals surface area contributed by atoms with E-state index in [0.29, 0.717) is 30.2 Å². The number of esters is 1. The van der Waals surface area contributed by atoms with Crippen molar-refractivity contribution < 1.29 is 14.3 Å². The van der Waals surface area contributed by atoms with Crippen LogP contribution in [-0.4, -0.2) is 19.2 Å². The number of rotatable bonds is 6. The van der Waals surface area contributed by atoms with E-state index in [1.807, 2.05) is 0 Å². The molecule has 0 atom stereocenters. The maximum Gasteiger partial charge on any atom is 0.341 e. The van der Waals surface area contributed by atoms with E-state index >= 15 is 0 Å². The number of benzene rings is 1. The van der Waals surface area contributed by atoms with E-state index in [2.05, 4.69) is 0 Å². The van der Waals surface area contributed by atoms with E-state index in [9.17, 15) is 4.79 Å². The minimum absolute atomic E-state index is 0.352. The summed E-state index contributed by atoms with van der Waals surface area (Å²) in [5.41, 5.74) is 6.75. The maximum atomic E-state index is 11.7. The lowest BCUT2D eigenvalue weighted by atomic mass is 10.2. The van der Waals surface area contributed by atoms with Gasteiger partial charge < -0.3 is 15.2 Å². The third kappa shape index (κ3) is 3.39. The number of hydrogen-bond donors (Lipinski definition) is 1. The van der Waals surface area contributed by atoms with Crippen LogP contribution < -0.4 is 10.5 Å². The standard InChI is InChI=1S/C14H19NO3/c1-2-17-14(16)12-6-5-11(15)9-13(12)18-8-7-10-3-4-10/h5-6,9-10H,2-4,7-8,15H2,1H3. The normalized spacial score (nSPS) is 14.3. The van der Waals surface area contributed by atoms with Crippen LogP contribution in [0.15, 0.2) is 18.2 Å². The first-order valence-corrected chi connectivity index (χ1v) is 6.40. The Morgan fingerprint density at radius 2 is 2.22 bits per heavy atom. The zero-order valence-corrected chi connectivity index (χ0v) is 10.6. The summed E-state index contributed by atoms with van der Waals surface area (Å²) in [6, 6.07) is 5.01. The SMILES string of the molecule is CCOC(=O)c1ccc(N)cc1OCCC1CC1. The number of ether oxygens (including phenoxy) is 2. The zero-order valence-electron chi connectivity index (χ0n) is 10.6. The first kappa shape index (κ1) is 12.7. The highest BCUT2D eigenvalue weighted by molar-refractivity contribution is 5.93. The lowest BCUT2D eigenvalue weighted by molar-refractivity contribution is 0.0521. The molecule has 2 N–H and O–H groups in total. The molecular formula is C14H19NO3. The van der Waals surface area contributed by atoms with Gasteiger partial charge in [0.1, 0.15) is 11.3 Å². The summed E-state index contributed by atoms with van der Waals surface area (Å²) in [7, 11) is 0. The smallest absolute Gasteiger partial charge is 0.341 e. The van der Waals surface area contributed by atoms with Gasteiger partial charge in [-0.3, -0.25) is 0 Å². The van der Waals surface area contributed by atoms with E-state index in [4.69, 9.17) is 15.2 Å². The monoisotopic (exact) mass is 249 g/mol. The van der Waals surface area contributed by atoms with E-state index in [0.717, 1.165) is 12.3 Å². The first-order valence-electron chi connectivity index (χ1n) is 6.40. The van der Waals surface area contributed by atoms with Crippen molar-refractivity contribution in [1.29, 1.82) is 0 Å². The molecule has 4 heteroatoms. The van der Waals surface area contributed by atoms with Gasteiger partial charge in [-0.1, -0.05) is 12.8 Å². The van der Waals surface area contributed by atoms with Gasteiger partial charge >= 0.3 is 5.97 Å². The Morgan fingerprint density at radius 3 is 2.89 bits per heavy atom. The molecule has 98 valence electrons. The molecule has 0 saturated heterocycles. The summed E-state index contributed by atoms with van der Waals surface area (Å²) in [5, 5.41) is 0. The van der Waals surface area contributed by atoms with E-state index < -0.39 is 0 Å². The van der Waals surface area contributed by atoms with Crippen molar-refractivity contribution >= 4 is 11.7 Å². The minimum Gasteiger partial charge on any atom is -0.493 e. The Balaban J connectivity index is 2.03. The molecule has 0 heterocycles. The van der Waals surface area contributed by atoms with Gasteiger partial charge in [-0.25, -0.2) is 4.79 Å². The number of anilines is 1. The first-order chi connectivity index (χ1) is 8.70. The van der Waals surface area contributed by atoms with Crippen molar-refractivity contribution in [1.82, 2.24) is 0 Å². The zero-order chi connectivity index (χ0) is 13.0. The maximum absolute atomic E-state index is 11.7. The van der Waals surface area contributed by atoms with Crippen molar-refractivity contribution in [2.24, 2.45) is 5.92 Å². The fourth-order valence-corrected chi connectivity index (χ4v) is 1.78. The molecule has 0 bridgehead atoms. The lowest BCUT2D eigenvalue weighted by Gasteiger charge is -2.11. The Labute approximate surface area is 107 Å². The molecule has 0 spiro atoms. The molecule has 0 radical (unpaired) electrons. The van der Waals surface area contributed by atoms with E-state index in [-0.39, 0.29) is 5.97 Å². The topological polar surface area (TPSA) is 61.5 Å². The van der Waals surface area contributed by atoms with Crippen LogP contribution in [0.5, 0.6) is 5.75 Å². The Kier molecular flexibility index (Phi) is 4.07. The molecular weight excluding hydrogens is 230 g/mol. The highest BCUT2D eigenvalue weighted by atomic mass is 16.5. The van der Waals surface area contributed by atoms with Gasteiger partial charge in [0, 0.05) is 11.8 Å². The van der Waals surface area contributed by atoms with Crippen LogP contribution in [0, 0.1) is 5.92 Å². The number of nitrogen functional groups attached to an aromatic ring is 1. The molecule has 1 aliphatic rings. The van der Waals surface area contributed by atoms with Gasteiger partial charge in [0.05, 0.1) is 13.2 Å². The predicted octanol–water partition coefficient (Wildman–Crippen LogP) is 2.62. The van der Waals surface area contributed by atoms with Crippen LogP contribution in [0.3, 0.4) is 0 Å². The fraction of sp³-hybridized carbons (Fsp3) is 0.500. The molecule has 1 saturated carbocycles. The molecule has 1 fully saturated rings. The van der Waals surface area contributed by atoms with E-state index in [1.165, 1.54) is 12.8 Å². The molecule has 0 aromatic heterocycles. The number of hydrogen-bond acceptors (Lipinski definition) is 4. The van der Waals surface area contributed by atoms with Crippen molar-refractivity contribution in [3.05, 3.63) is 23.8 Å². The highest BCUT2D eigenvalue weighted by Crippen LogP contribution is 2.32. The van der Waals surface area contributed by atoms with Crippen LogP contribution in [0.25, 0.3) is 0 Å². The van der Waals surface area contributed by atoms with Gasteiger partial charge in [-0.2, -0.15) is 0 Å².